The van der Waals surface area contributed by atoms with E-state index >= 15 is 0 Å². The molecule has 0 aromatic rings. The van der Waals surface area contributed by atoms with E-state index in [4.69, 9.17) is 18.9 Å². The average Bonchev–Trinajstić information content (AvgIpc) is 2.80. The lowest BCUT2D eigenvalue weighted by Gasteiger charge is -2.25. The Labute approximate surface area is 110 Å². The van der Waals surface area contributed by atoms with Crippen molar-refractivity contribution in [3.8, 4) is 0 Å². The highest BCUT2D eigenvalue weighted by atomic mass is 16.8. The minimum absolute atomic E-state index is 0.296. The highest BCUT2D eigenvalue weighted by Gasteiger charge is 2.55. The monoisotopic (exact) mass is 274 g/mol. The van der Waals surface area contributed by atoms with E-state index in [1.54, 1.807) is 13.8 Å². The summed E-state index contributed by atoms with van der Waals surface area (Å²) in [4.78, 5) is 10.9. The summed E-state index contributed by atoms with van der Waals surface area (Å²) in [5.41, 5.74) is 0. The molecule has 0 amide bonds. The first-order valence-electron chi connectivity index (χ1n) is 6.00. The molecule has 108 valence electrons. The van der Waals surface area contributed by atoms with Gasteiger partial charge in [0.25, 0.3) is 0 Å². The second-order valence-electron chi connectivity index (χ2n) is 4.96. The van der Waals surface area contributed by atoms with Crippen LogP contribution in [-0.4, -0.2) is 59.3 Å². The van der Waals surface area contributed by atoms with E-state index in [0.717, 1.165) is 6.08 Å². The molecule has 0 aliphatic carbocycles. The van der Waals surface area contributed by atoms with Gasteiger partial charge in [0.05, 0.1) is 0 Å². The summed E-state index contributed by atoms with van der Waals surface area (Å²) in [6, 6.07) is 0. The van der Waals surface area contributed by atoms with E-state index in [-0.39, 0.29) is 6.61 Å². The summed E-state index contributed by atoms with van der Waals surface area (Å²) in [5, 5.41) is 19.9. The molecule has 7 heteroatoms. The Morgan fingerprint density at radius 3 is 2.79 bits per heavy atom. The van der Waals surface area contributed by atoms with Gasteiger partial charge < -0.3 is 29.2 Å². The van der Waals surface area contributed by atoms with Crippen LogP contribution in [0.3, 0.4) is 0 Å². The quantitative estimate of drug-likeness (QED) is 0.518. The van der Waals surface area contributed by atoms with Gasteiger partial charge in [0.1, 0.15) is 31.0 Å². The minimum atomic E-state index is -1.17. The molecule has 2 aliphatic rings. The molecule has 0 saturated carbocycles. The lowest BCUT2D eigenvalue weighted by molar-refractivity contribution is -0.228. The van der Waals surface area contributed by atoms with Crippen molar-refractivity contribution in [2.45, 2.75) is 50.3 Å². The van der Waals surface area contributed by atoms with Gasteiger partial charge in [-0.15, -0.1) is 0 Å². The standard InChI is InChI=1S/C12H18O7/c1-4-7(14)16-5-6(13)9-8(15)10-11(17-9)19-12(2,3)18-10/h4,6,8-11,13,15H,1,5H2,2-3H3/t6-,8+,9-,10-,11-/m1/s1. The van der Waals surface area contributed by atoms with Crippen LogP contribution in [0.4, 0.5) is 0 Å². The number of carbonyl (C=O) groups is 1. The first kappa shape index (κ1) is 14.4. The molecular formula is C12H18O7. The van der Waals surface area contributed by atoms with Gasteiger partial charge in [-0.3, -0.25) is 0 Å². The van der Waals surface area contributed by atoms with Crippen LogP contribution in [0.15, 0.2) is 12.7 Å². The van der Waals surface area contributed by atoms with Crippen LogP contribution in [0.1, 0.15) is 13.8 Å². The van der Waals surface area contributed by atoms with Crippen molar-refractivity contribution in [3.05, 3.63) is 12.7 Å². The van der Waals surface area contributed by atoms with Gasteiger partial charge in [0.15, 0.2) is 12.1 Å². The minimum Gasteiger partial charge on any atom is -0.460 e. The molecule has 7 nitrogen and oxygen atoms in total. The van der Waals surface area contributed by atoms with E-state index < -0.39 is 42.5 Å². The van der Waals surface area contributed by atoms with Gasteiger partial charge in [-0.25, -0.2) is 4.79 Å². The third-order valence-electron chi connectivity index (χ3n) is 2.99. The first-order valence-corrected chi connectivity index (χ1v) is 6.00. The maximum Gasteiger partial charge on any atom is 0.330 e. The molecule has 2 N–H and O–H groups in total. The Kier molecular flexibility index (Phi) is 3.93. The Balaban J connectivity index is 1.90. The van der Waals surface area contributed by atoms with E-state index in [9.17, 15) is 15.0 Å². The summed E-state index contributed by atoms with van der Waals surface area (Å²) >= 11 is 0. The highest BCUT2D eigenvalue weighted by molar-refractivity contribution is 5.81. The first-order chi connectivity index (χ1) is 8.84. The summed E-state index contributed by atoms with van der Waals surface area (Å²) < 4.78 is 21.0. The lowest BCUT2D eigenvalue weighted by Crippen LogP contribution is -2.43. The zero-order valence-corrected chi connectivity index (χ0v) is 10.8. The van der Waals surface area contributed by atoms with Crippen LogP contribution in [-0.2, 0) is 23.7 Å². The molecule has 0 radical (unpaired) electrons. The molecule has 19 heavy (non-hydrogen) atoms. The lowest BCUT2D eigenvalue weighted by atomic mass is 10.1. The maximum absolute atomic E-state index is 10.9. The molecule has 0 spiro atoms. The second kappa shape index (κ2) is 5.18. The third-order valence-corrected chi connectivity index (χ3v) is 2.99. The maximum atomic E-state index is 10.9. The SMILES string of the molecule is C=CC(=O)OC[C@@H](O)[C@H]1O[C@@H]2OC(C)(C)O[C@@H]2[C@H]1O. The number of hydrogen-bond donors (Lipinski definition) is 2. The van der Waals surface area contributed by atoms with E-state index in [2.05, 4.69) is 6.58 Å². The zero-order chi connectivity index (χ0) is 14.2. The van der Waals surface area contributed by atoms with Gasteiger partial charge in [0.2, 0.25) is 0 Å². The molecule has 0 unspecified atom stereocenters. The van der Waals surface area contributed by atoms with Crippen molar-refractivity contribution < 1.29 is 34.0 Å². The molecule has 5 atom stereocenters. The Bertz CT molecular complexity index is 367. The van der Waals surface area contributed by atoms with Crippen molar-refractivity contribution in [2.24, 2.45) is 0 Å². The van der Waals surface area contributed by atoms with Crippen LogP contribution in [0.25, 0.3) is 0 Å². The fourth-order valence-electron chi connectivity index (χ4n) is 2.16. The van der Waals surface area contributed by atoms with Crippen LogP contribution < -0.4 is 0 Å². The predicted octanol–water partition coefficient (Wildman–Crippen LogP) is -0.686. The summed E-state index contributed by atoms with van der Waals surface area (Å²) in [5.74, 6) is -1.48. The van der Waals surface area contributed by atoms with Crippen molar-refractivity contribution in [3.63, 3.8) is 0 Å². The summed E-state index contributed by atoms with van der Waals surface area (Å²) in [6.07, 6.45) is -3.56. The van der Waals surface area contributed by atoms with Crippen LogP contribution in [0, 0.1) is 0 Å². The number of aliphatic hydroxyl groups excluding tert-OH is 2. The molecule has 2 saturated heterocycles. The molecule has 0 aromatic carbocycles. The number of ether oxygens (including phenoxy) is 4. The number of rotatable bonds is 4. The van der Waals surface area contributed by atoms with Crippen LogP contribution in [0.2, 0.25) is 0 Å². The largest absolute Gasteiger partial charge is 0.460 e. The van der Waals surface area contributed by atoms with E-state index in [0.29, 0.717) is 0 Å². The van der Waals surface area contributed by atoms with Crippen molar-refractivity contribution >= 4 is 5.97 Å². The zero-order valence-electron chi connectivity index (χ0n) is 10.8. The number of hydrogen-bond acceptors (Lipinski definition) is 7. The molecule has 0 aromatic heterocycles. The van der Waals surface area contributed by atoms with Crippen LogP contribution in [0.5, 0.6) is 0 Å². The normalized spacial score (nSPS) is 37.7. The van der Waals surface area contributed by atoms with Crippen molar-refractivity contribution in [1.29, 1.82) is 0 Å². The molecule has 2 fully saturated rings. The van der Waals surface area contributed by atoms with Crippen molar-refractivity contribution in [2.75, 3.05) is 6.61 Å². The van der Waals surface area contributed by atoms with Gasteiger partial charge >= 0.3 is 5.97 Å². The summed E-state index contributed by atoms with van der Waals surface area (Å²) in [7, 11) is 0. The number of fused-ring (bicyclic) bond motifs is 1. The predicted molar refractivity (Wildman–Crippen MR) is 61.9 cm³/mol. The van der Waals surface area contributed by atoms with Crippen LogP contribution >= 0.6 is 0 Å². The molecular weight excluding hydrogens is 256 g/mol. The smallest absolute Gasteiger partial charge is 0.330 e. The average molecular weight is 274 g/mol. The number of esters is 1. The number of aliphatic hydroxyl groups is 2. The third kappa shape index (κ3) is 2.96. The van der Waals surface area contributed by atoms with Gasteiger partial charge in [-0.1, -0.05) is 6.58 Å². The van der Waals surface area contributed by atoms with Crippen molar-refractivity contribution in [1.82, 2.24) is 0 Å². The fourth-order valence-corrected chi connectivity index (χ4v) is 2.16. The summed E-state index contributed by atoms with van der Waals surface area (Å²) in [6.45, 7) is 6.35. The molecule has 2 aliphatic heterocycles. The molecule has 2 rings (SSSR count). The highest BCUT2D eigenvalue weighted by Crippen LogP contribution is 2.38. The molecule has 0 bridgehead atoms. The Hall–Kier alpha value is -0.990. The molecule has 2 heterocycles. The number of carbonyl (C=O) groups excluding carboxylic acids is 1. The van der Waals surface area contributed by atoms with Gasteiger partial charge in [-0.05, 0) is 13.8 Å². The second-order valence-corrected chi connectivity index (χ2v) is 4.96. The van der Waals surface area contributed by atoms with Gasteiger partial charge in [-0.2, -0.15) is 0 Å². The van der Waals surface area contributed by atoms with E-state index in [1.165, 1.54) is 0 Å². The topological polar surface area (TPSA) is 94.5 Å². The van der Waals surface area contributed by atoms with E-state index in [1.807, 2.05) is 0 Å². The fraction of sp³-hybridized carbons (Fsp3) is 0.750. The van der Waals surface area contributed by atoms with Gasteiger partial charge in [0, 0.05) is 6.08 Å². The Morgan fingerprint density at radius 1 is 1.53 bits per heavy atom. The Morgan fingerprint density at radius 2 is 2.21 bits per heavy atom.